The maximum atomic E-state index is 10.2. The molecule has 0 amide bonds. The van der Waals surface area contributed by atoms with E-state index in [0.29, 0.717) is 6.61 Å². The molecule has 0 saturated carbocycles. The van der Waals surface area contributed by atoms with E-state index in [0.717, 1.165) is 44.7 Å². The second-order valence-corrected chi connectivity index (χ2v) is 3.75. The fraction of sp³-hybridized carbons (Fsp3) is 0.800. The molecule has 3 nitrogen and oxygen atoms in total. The van der Waals surface area contributed by atoms with Crippen LogP contribution < -0.4 is 0 Å². The Bertz CT molecular complexity index is 204. The summed E-state index contributed by atoms with van der Waals surface area (Å²) in [6.07, 6.45) is 5.74. The Labute approximate surface area is 78.3 Å². The lowest BCUT2D eigenvalue weighted by Crippen LogP contribution is -2.42. The van der Waals surface area contributed by atoms with Crippen LogP contribution in [0.15, 0.2) is 11.8 Å². The minimum atomic E-state index is -0.835. The van der Waals surface area contributed by atoms with Crippen molar-refractivity contribution in [1.82, 2.24) is 0 Å². The van der Waals surface area contributed by atoms with E-state index < -0.39 is 5.60 Å². The molecule has 0 aliphatic carbocycles. The van der Waals surface area contributed by atoms with Gasteiger partial charge in [0.25, 0.3) is 0 Å². The highest BCUT2D eigenvalue weighted by Crippen LogP contribution is 2.30. The third-order valence-corrected chi connectivity index (χ3v) is 2.61. The number of rotatable bonds is 1. The molecule has 74 valence electrons. The fourth-order valence-corrected chi connectivity index (χ4v) is 1.86. The van der Waals surface area contributed by atoms with Crippen LogP contribution >= 0.6 is 0 Å². The first-order valence-corrected chi connectivity index (χ1v) is 4.95. The molecule has 2 rings (SSSR count). The van der Waals surface area contributed by atoms with Crippen LogP contribution in [-0.4, -0.2) is 30.5 Å². The van der Waals surface area contributed by atoms with Gasteiger partial charge >= 0.3 is 0 Å². The highest BCUT2D eigenvalue weighted by molar-refractivity contribution is 5.12. The van der Waals surface area contributed by atoms with Crippen LogP contribution in [0.1, 0.15) is 25.7 Å². The molecule has 1 atom stereocenters. The summed E-state index contributed by atoms with van der Waals surface area (Å²) in [5.41, 5.74) is -0.835. The Hall–Kier alpha value is -0.540. The van der Waals surface area contributed by atoms with E-state index >= 15 is 0 Å². The highest BCUT2D eigenvalue weighted by Gasteiger charge is 2.36. The maximum Gasteiger partial charge on any atom is 0.144 e. The number of ether oxygens (including phenoxy) is 2. The number of hydrogen-bond acceptors (Lipinski definition) is 3. The zero-order chi connectivity index (χ0) is 9.15. The van der Waals surface area contributed by atoms with E-state index in [4.69, 9.17) is 9.47 Å². The summed E-state index contributed by atoms with van der Waals surface area (Å²) < 4.78 is 10.7. The maximum absolute atomic E-state index is 10.2. The normalized spacial score (nSPS) is 35.0. The molecule has 1 N–H and O–H groups in total. The summed E-state index contributed by atoms with van der Waals surface area (Å²) in [6, 6.07) is 0. The summed E-state index contributed by atoms with van der Waals surface area (Å²) in [7, 11) is 0. The van der Waals surface area contributed by atoms with Gasteiger partial charge in [0.05, 0.1) is 13.2 Å². The van der Waals surface area contributed by atoms with Crippen molar-refractivity contribution in [2.45, 2.75) is 31.3 Å². The number of allylic oxidation sites excluding steroid dienone is 1. The predicted molar refractivity (Wildman–Crippen MR) is 48.3 cm³/mol. The Morgan fingerprint density at radius 3 is 2.85 bits per heavy atom. The van der Waals surface area contributed by atoms with E-state index in [2.05, 4.69) is 0 Å². The lowest BCUT2D eigenvalue weighted by Gasteiger charge is -2.34. The first-order valence-electron chi connectivity index (χ1n) is 4.95. The third-order valence-electron chi connectivity index (χ3n) is 2.61. The van der Waals surface area contributed by atoms with Gasteiger partial charge < -0.3 is 14.6 Å². The standard InChI is InChI=1S/C10H16O3/c11-10(5-3-6-12-8-10)9-4-1-2-7-13-9/h4,11H,1-3,5-8H2. The molecular formula is C10H16O3. The highest BCUT2D eigenvalue weighted by atomic mass is 16.5. The predicted octanol–water partition coefficient (Wildman–Crippen LogP) is 1.22. The van der Waals surface area contributed by atoms with Gasteiger partial charge in [0.15, 0.2) is 0 Å². The van der Waals surface area contributed by atoms with Crippen LogP contribution in [0, 0.1) is 0 Å². The molecule has 1 unspecified atom stereocenters. The molecular weight excluding hydrogens is 168 g/mol. The van der Waals surface area contributed by atoms with E-state index in [-0.39, 0.29) is 0 Å². The van der Waals surface area contributed by atoms with Crippen molar-refractivity contribution in [2.24, 2.45) is 0 Å². The van der Waals surface area contributed by atoms with Crippen molar-refractivity contribution < 1.29 is 14.6 Å². The van der Waals surface area contributed by atoms with Gasteiger partial charge in [-0.1, -0.05) is 0 Å². The molecule has 3 heteroatoms. The summed E-state index contributed by atoms with van der Waals surface area (Å²) >= 11 is 0. The topological polar surface area (TPSA) is 38.7 Å². The summed E-state index contributed by atoms with van der Waals surface area (Å²) in [5.74, 6) is 0.735. The first kappa shape index (κ1) is 9.03. The summed E-state index contributed by atoms with van der Waals surface area (Å²) in [6.45, 7) is 1.88. The summed E-state index contributed by atoms with van der Waals surface area (Å²) in [5, 5.41) is 10.2. The average Bonchev–Trinajstić information content (AvgIpc) is 2.20. The Balaban J connectivity index is 2.07. The van der Waals surface area contributed by atoms with Gasteiger partial charge in [-0.15, -0.1) is 0 Å². The smallest absolute Gasteiger partial charge is 0.144 e. The molecule has 0 spiro atoms. The molecule has 1 fully saturated rings. The van der Waals surface area contributed by atoms with Crippen molar-refractivity contribution in [2.75, 3.05) is 19.8 Å². The van der Waals surface area contributed by atoms with Crippen LogP contribution in [0.5, 0.6) is 0 Å². The Morgan fingerprint density at radius 1 is 1.31 bits per heavy atom. The molecule has 2 heterocycles. The second-order valence-electron chi connectivity index (χ2n) is 3.75. The number of hydrogen-bond donors (Lipinski definition) is 1. The van der Waals surface area contributed by atoms with Gasteiger partial charge in [0.1, 0.15) is 11.4 Å². The van der Waals surface area contributed by atoms with Crippen LogP contribution in [0.2, 0.25) is 0 Å². The molecule has 0 bridgehead atoms. The molecule has 13 heavy (non-hydrogen) atoms. The lowest BCUT2D eigenvalue weighted by atomic mass is 9.93. The van der Waals surface area contributed by atoms with Gasteiger partial charge in [-0.05, 0) is 31.8 Å². The first-order chi connectivity index (χ1) is 6.31. The largest absolute Gasteiger partial charge is 0.495 e. The Morgan fingerprint density at radius 2 is 2.23 bits per heavy atom. The van der Waals surface area contributed by atoms with E-state index in [1.807, 2.05) is 6.08 Å². The molecule has 0 aromatic rings. The molecule has 2 aliphatic rings. The van der Waals surface area contributed by atoms with Gasteiger partial charge in [0.2, 0.25) is 0 Å². The minimum absolute atomic E-state index is 0.388. The molecule has 0 aromatic carbocycles. The van der Waals surface area contributed by atoms with Gasteiger partial charge in [-0.3, -0.25) is 0 Å². The molecule has 0 radical (unpaired) electrons. The van der Waals surface area contributed by atoms with Crippen molar-refractivity contribution in [3.05, 3.63) is 11.8 Å². The van der Waals surface area contributed by atoms with Crippen molar-refractivity contribution in [1.29, 1.82) is 0 Å². The van der Waals surface area contributed by atoms with Gasteiger partial charge in [0, 0.05) is 6.61 Å². The van der Waals surface area contributed by atoms with Crippen LogP contribution in [0.4, 0.5) is 0 Å². The summed E-state index contributed by atoms with van der Waals surface area (Å²) in [4.78, 5) is 0. The van der Waals surface area contributed by atoms with Crippen molar-refractivity contribution in [3.8, 4) is 0 Å². The Kier molecular flexibility index (Phi) is 2.56. The zero-order valence-corrected chi connectivity index (χ0v) is 7.79. The van der Waals surface area contributed by atoms with E-state index in [1.54, 1.807) is 0 Å². The van der Waals surface area contributed by atoms with E-state index in [1.165, 1.54) is 0 Å². The monoisotopic (exact) mass is 184 g/mol. The minimum Gasteiger partial charge on any atom is -0.495 e. The lowest BCUT2D eigenvalue weighted by molar-refractivity contribution is -0.0926. The van der Waals surface area contributed by atoms with E-state index in [9.17, 15) is 5.11 Å². The second kappa shape index (κ2) is 3.68. The van der Waals surface area contributed by atoms with Gasteiger partial charge in [-0.2, -0.15) is 0 Å². The molecule has 1 saturated heterocycles. The zero-order valence-electron chi connectivity index (χ0n) is 7.79. The van der Waals surface area contributed by atoms with Crippen molar-refractivity contribution in [3.63, 3.8) is 0 Å². The SMILES string of the molecule is OC1(C2=CCCCO2)CCCOC1. The average molecular weight is 184 g/mol. The molecule has 0 aromatic heterocycles. The van der Waals surface area contributed by atoms with Gasteiger partial charge in [-0.25, -0.2) is 0 Å². The van der Waals surface area contributed by atoms with Crippen molar-refractivity contribution >= 4 is 0 Å². The quantitative estimate of drug-likeness (QED) is 0.666. The van der Waals surface area contributed by atoms with Crippen LogP contribution in [-0.2, 0) is 9.47 Å². The van der Waals surface area contributed by atoms with Crippen LogP contribution in [0.3, 0.4) is 0 Å². The third kappa shape index (κ3) is 1.86. The molecule has 2 aliphatic heterocycles. The number of aliphatic hydroxyl groups is 1. The fourth-order valence-electron chi connectivity index (χ4n) is 1.86. The van der Waals surface area contributed by atoms with Crippen LogP contribution in [0.25, 0.3) is 0 Å².